The molecule has 0 spiro atoms. The summed E-state index contributed by atoms with van der Waals surface area (Å²) in [5.41, 5.74) is 0.886. The van der Waals surface area contributed by atoms with Crippen LogP contribution in [0.1, 0.15) is 19.8 Å². The van der Waals surface area contributed by atoms with E-state index in [1.165, 1.54) is 12.8 Å². The van der Waals surface area contributed by atoms with Crippen LogP contribution in [0, 0.1) is 11.8 Å². The fraction of sp³-hybridized carbons (Fsp3) is 0.538. The van der Waals surface area contributed by atoms with Crippen LogP contribution >= 0.6 is 0 Å². The summed E-state index contributed by atoms with van der Waals surface area (Å²) in [6.07, 6.45) is 8.44. The van der Waals surface area contributed by atoms with Gasteiger partial charge in [0.25, 0.3) is 0 Å². The molecule has 0 aliphatic heterocycles. The topological polar surface area (TPSA) is 54.2 Å². The quantitative estimate of drug-likeness (QED) is 0.848. The second-order valence-electron chi connectivity index (χ2n) is 5.08. The number of nitrogens with zero attached hydrogens (tertiary/aromatic N) is 3. The van der Waals surface area contributed by atoms with Crippen LogP contribution in [0.25, 0.3) is 5.65 Å². The molecule has 0 radical (unpaired) electrons. The molecule has 1 fully saturated rings. The SMILES string of the molecule is CNc1cn2ccnc2c(NCC(C)C2CC2)n1. The van der Waals surface area contributed by atoms with Crippen molar-refractivity contribution < 1.29 is 0 Å². The van der Waals surface area contributed by atoms with Gasteiger partial charge in [0.2, 0.25) is 0 Å². The number of imidazole rings is 1. The van der Waals surface area contributed by atoms with Crippen molar-refractivity contribution in [1.82, 2.24) is 14.4 Å². The number of anilines is 2. The average Bonchev–Trinajstić information content (AvgIpc) is 3.13. The van der Waals surface area contributed by atoms with Gasteiger partial charge in [-0.3, -0.25) is 0 Å². The summed E-state index contributed by atoms with van der Waals surface area (Å²) in [6.45, 7) is 3.27. The molecule has 1 aliphatic rings. The third kappa shape index (κ3) is 2.12. The van der Waals surface area contributed by atoms with Crippen LogP contribution in [0.4, 0.5) is 11.6 Å². The van der Waals surface area contributed by atoms with Crippen LogP contribution < -0.4 is 10.6 Å². The maximum Gasteiger partial charge on any atom is 0.180 e. The third-order valence-electron chi connectivity index (χ3n) is 3.65. The van der Waals surface area contributed by atoms with Gasteiger partial charge in [-0.05, 0) is 24.7 Å². The molecule has 5 heteroatoms. The molecule has 2 aromatic rings. The highest BCUT2D eigenvalue weighted by Gasteiger charge is 2.27. The summed E-state index contributed by atoms with van der Waals surface area (Å²) in [5.74, 6) is 3.32. The minimum Gasteiger partial charge on any atom is -0.372 e. The van der Waals surface area contributed by atoms with E-state index in [9.17, 15) is 0 Å². The Bertz CT molecular complexity index is 543. The Morgan fingerprint density at radius 1 is 1.50 bits per heavy atom. The van der Waals surface area contributed by atoms with Crippen molar-refractivity contribution in [1.29, 1.82) is 0 Å². The molecule has 5 nitrogen and oxygen atoms in total. The minimum atomic E-state index is 0.708. The molecule has 1 atom stereocenters. The molecule has 2 N–H and O–H groups in total. The predicted octanol–water partition coefficient (Wildman–Crippen LogP) is 2.23. The first-order valence-electron chi connectivity index (χ1n) is 6.53. The highest BCUT2D eigenvalue weighted by molar-refractivity contribution is 5.65. The molecule has 18 heavy (non-hydrogen) atoms. The van der Waals surface area contributed by atoms with Crippen molar-refractivity contribution in [2.75, 3.05) is 24.2 Å². The number of hydrogen-bond donors (Lipinski definition) is 2. The van der Waals surface area contributed by atoms with Gasteiger partial charge in [0.05, 0.1) is 6.20 Å². The Morgan fingerprint density at radius 3 is 3.06 bits per heavy atom. The standard InChI is InChI=1S/C13H19N5/c1-9(10-3-4-10)7-16-12-13-15-5-6-18(13)8-11(14-2)17-12/h5-6,8-10,14H,3-4,7H2,1-2H3,(H,16,17). The van der Waals surface area contributed by atoms with Crippen molar-refractivity contribution in [2.24, 2.45) is 11.8 Å². The number of nitrogens with one attached hydrogen (secondary N) is 2. The second-order valence-corrected chi connectivity index (χ2v) is 5.08. The van der Waals surface area contributed by atoms with Gasteiger partial charge in [-0.25, -0.2) is 9.97 Å². The van der Waals surface area contributed by atoms with E-state index < -0.39 is 0 Å². The smallest absolute Gasteiger partial charge is 0.180 e. The molecule has 1 aliphatic carbocycles. The van der Waals surface area contributed by atoms with Gasteiger partial charge in [-0.1, -0.05) is 6.92 Å². The first-order valence-corrected chi connectivity index (χ1v) is 6.53. The molecule has 1 saturated carbocycles. The van der Waals surface area contributed by atoms with Gasteiger partial charge in [0.15, 0.2) is 11.5 Å². The molecule has 0 saturated heterocycles. The average molecular weight is 245 g/mol. The van der Waals surface area contributed by atoms with Gasteiger partial charge in [0.1, 0.15) is 5.82 Å². The van der Waals surface area contributed by atoms with E-state index in [2.05, 4.69) is 27.5 Å². The molecule has 3 rings (SSSR count). The van der Waals surface area contributed by atoms with Crippen LogP contribution in [-0.4, -0.2) is 28.0 Å². The molecule has 2 aromatic heterocycles. The second kappa shape index (κ2) is 4.48. The van der Waals surface area contributed by atoms with E-state index in [-0.39, 0.29) is 0 Å². The van der Waals surface area contributed by atoms with E-state index >= 15 is 0 Å². The lowest BCUT2D eigenvalue weighted by Gasteiger charge is -2.13. The fourth-order valence-electron chi connectivity index (χ4n) is 2.26. The normalized spacial score (nSPS) is 16.8. The van der Waals surface area contributed by atoms with Crippen molar-refractivity contribution in [2.45, 2.75) is 19.8 Å². The molecular weight excluding hydrogens is 226 g/mol. The molecule has 1 unspecified atom stereocenters. The largest absolute Gasteiger partial charge is 0.372 e. The summed E-state index contributed by atoms with van der Waals surface area (Å²) < 4.78 is 1.99. The Hall–Kier alpha value is -1.78. The lowest BCUT2D eigenvalue weighted by Crippen LogP contribution is -2.15. The Labute approximate surface area is 107 Å². The number of fused-ring (bicyclic) bond motifs is 1. The molecule has 0 amide bonds. The van der Waals surface area contributed by atoms with Crippen molar-refractivity contribution in [3.63, 3.8) is 0 Å². The monoisotopic (exact) mass is 245 g/mol. The molecule has 2 heterocycles. The summed E-state index contributed by atoms with van der Waals surface area (Å²) in [6, 6.07) is 0. The van der Waals surface area contributed by atoms with E-state index in [4.69, 9.17) is 0 Å². The molecule has 0 aromatic carbocycles. The third-order valence-corrected chi connectivity index (χ3v) is 3.65. The summed E-state index contributed by atoms with van der Waals surface area (Å²) in [7, 11) is 1.88. The van der Waals surface area contributed by atoms with E-state index in [1.54, 1.807) is 6.20 Å². The van der Waals surface area contributed by atoms with Crippen molar-refractivity contribution in [3.05, 3.63) is 18.6 Å². The maximum absolute atomic E-state index is 4.54. The van der Waals surface area contributed by atoms with E-state index in [0.29, 0.717) is 5.92 Å². The van der Waals surface area contributed by atoms with Crippen LogP contribution in [0.5, 0.6) is 0 Å². The lowest BCUT2D eigenvalue weighted by atomic mass is 10.1. The zero-order chi connectivity index (χ0) is 12.5. The number of rotatable bonds is 5. The van der Waals surface area contributed by atoms with Crippen molar-refractivity contribution >= 4 is 17.3 Å². The first-order chi connectivity index (χ1) is 8.78. The zero-order valence-corrected chi connectivity index (χ0v) is 10.8. The molecule has 0 bridgehead atoms. The van der Waals surface area contributed by atoms with Crippen LogP contribution in [-0.2, 0) is 0 Å². The lowest BCUT2D eigenvalue weighted by molar-refractivity contribution is 0.536. The summed E-state index contributed by atoms with van der Waals surface area (Å²) in [4.78, 5) is 8.88. The van der Waals surface area contributed by atoms with Crippen molar-refractivity contribution in [3.8, 4) is 0 Å². The van der Waals surface area contributed by atoms with Gasteiger partial charge in [-0.2, -0.15) is 0 Å². The van der Waals surface area contributed by atoms with Gasteiger partial charge < -0.3 is 15.0 Å². The number of aromatic nitrogens is 3. The fourth-order valence-corrected chi connectivity index (χ4v) is 2.26. The summed E-state index contributed by atoms with van der Waals surface area (Å²) >= 11 is 0. The van der Waals surface area contributed by atoms with Gasteiger partial charge in [-0.15, -0.1) is 0 Å². The Balaban J connectivity index is 1.82. The maximum atomic E-state index is 4.54. The number of hydrogen-bond acceptors (Lipinski definition) is 4. The predicted molar refractivity (Wildman–Crippen MR) is 72.9 cm³/mol. The summed E-state index contributed by atoms with van der Waals surface area (Å²) in [5, 5.41) is 6.51. The van der Waals surface area contributed by atoms with Crippen LogP contribution in [0.3, 0.4) is 0 Å². The van der Waals surface area contributed by atoms with E-state index in [1.807, 2.05) is 23.8 Å². The Morgan fingerprint density at radius 2 is 2.33 bits per heavy atom. The highest BCUT2D eigenvalue weighted by atomic mass is 15.1. The Kier molecular flexibility index (Phi) is 2.81. The van der Waals surface area contributed by atoms with Gasteiger partial charge >= 0.3 is 0 Å². The molecule has 96 valence electrons. The van der Waals surface area contributed by atoms with Gasteiger partial charge in [0, 0.05) is 26.0 Å². The highest BCUT2D eigenvalue weighted by Crippen LogP contribution is 2.36. The first kappa shape index (κ1) is 11.3. The van der Waals surface area contributed by atoms with Crippen LogP contribution in [0.2, 0.25) is 0 Å². The zero-order valence-electron chi connectivity index (χ0n) is 10.8. The molecular formula is C13H19N5. The minimum absolute atomic E-state index is 0.708. The van der Waals surface area contributed by atoms with E-state index in [0.717, 1.165) is 29.7 Å². The van der Waals surface area contributed by atoms with Crippen LogP contribution in [0.15, 0.2) is 18.6 Å².